The molecule has 4 heteroatoms. The first-order valence-corrected chi connectivity index (χ1v) is 8.06. The van der Waals surface area contributed by atoms with Gasteiger partial charge in [0.1, 0.15) is 5.75 Å². The normalized spacial score (nSPS) is 11.8. The summed E-state index contributed by atoms with van der Waals surface area (Å²) in [7, 11) is -3.12. The Bertz CT molecular complexity index is 446. The second kappa shape index (κ2) is 6.78. The molecule has 102 valence electrons. The third-order valence-electron chi connectivity index (χ3n) is 2.62. The van der Waals surface area contributed by atoms with E-state index in [1.807, 2.05) is 6.92 Å². The number of hydrogen-bond donors (Lipinski definition) is 0. The fourth-order valence-corrected chi connectivity index (χ4v) is 2.87. The molecule has 0 aromatic heterocycles. The maximum Gasteiger partial charge on any atom is 0.178 e. The summed E-state index contributed by atoms with van der Waals surface area (Å²) in [5, 5.41) is 0. The maximum atomic E-state index is 11.8. The highest BCUT2D eigenvalue weighted by Gasteiger charge is 2.12. The van der Waals surface area contributed by atoms with Crippen molar-refractivity contribution in [2.75, 3.05) is 12.4 Å². The van der Waals surface area contributed by atoms with E-state index in [0.717, 1.165) is 12.2 Å². The standard InChI is InChI=1S/C14H22O3S/c1-4-11-18(15,16)14-7-5-13(6-8-14)17-10-9-12(2)3/h5-8,12H,4,9-11H2,1-3H3. The third-order valence-corrected chi connectivity index (χ3v) is 4.56. The van der Waals surface area contributed by atoms with E-state index in [2.05, 4.69) is 13.8 Å². The molecule has 0 amide bonds. The molecule has 0 spiro atoms. The highest BCUT2D eigenvalue weighted by molar-refractivity contribution is 7.91. The van der Waals surface area contributed by atoms with Crippen molar-refractivity contribution >= 4 is 9.84 Å². The van der Waals surface area contributed by atoms with Crippen molar-refractivity contribution in [2.45, 2.75) is 38.5 Å². The molecule has 0 aliphatic rings. The van der Waals surface area contributed by atoms with E-state index in [-0.39, 0.29) is 5.75 Å². The number of benzene rings is 1. The Labute approximate surface area is 110 Å². The molecule has 1 aromatic carbocycles. The highest BCUT2D eigenvalue weighted by atomic mass is 32.2. The van der Waals surface area contributed by atoms with Crippen LogP contribution in [0.2, 0.25) is 0 Å². The average Bonchev–Trinajstić information content (AvgIpc) is 2.29. The second-order valence-corrected chi connectivity index (χ2v) is 6.93. The van der Waals surface area contributed by atoms with Crippen LogP contribution < -0.4 is 4.74 Å². The predicted octanol–water partition coefficient (Wildman–Crippen LogP) is 3.30. The van der Waals surface area contributed by atoms with Gasteiger partial charge in [0.05, 0.1) is 17.3 Å². The lowest BCUT2D eigenvalue weighted by Crippen LogP contribution is -2.06. The molecule has 1 aromatic rings. The molecule has 0 saturated carbocycles. The van der Waals surface area contributed by atoms with Crippen molar-refractivity contribution in [3.8, 4) is 5.75 Å². The fourth-order valence-electron chi connectivity index (χ4n) is 1.54. The first-order valence-electron chi connectivity index (χ1n) is 6.41. The topological polar surface area (TPSA) is 43.4 Å². The number of sulfone groups is 1. The van der Waals surface area contributed by atoms with Crippen molar-refractivity contribution in [1.29, 1.82) is 0 Å². The minimum absolute atomic E-state index is 0.195. The highest BCUT2D eigenvalue weighted by Crippen LogP contribution is 2.18. The van der Waals surface area contributed by atoms with E-state index in [1.54, 1.807) is 24.3 Å². The molecule has 0 aliphatic heterocycles. The number of rotatable bonds is 7. The Hall–Kier alpha value is -1.03. The van der Waals surface area contributed by atoms with Gasteiger partial charge in [-0.2, -0.15) is 0 Å². The van der Waals surface area contributed by atoms with Crippen LogP contribution in [0.25, 0.3) is 0 Å². The van der Waals surface area contributed by atoms with E-state index in [1.165, 1.54) is 0 Å². The second-order valence-electron chi connectivity index (χ2n) is 4.82. The van der Waals surface area contributed by atoms with Crippen LogP contribution in [-0.2, 0) is 9.84 Å². The quantitative estimate of drug-likeness (QED) is 0.763. The first-order chi connectivity index (χ1) is 8.45. The molecule has 0 heterocycles. The molecule has 3 nitrogen and oxygen atoms in total. The minimum atomic E-state index is -3.12. The van der Waals surface area contributed by atoms with Crippen LogP contribution in [0, 0.1) is 5.92 Å². The summed E-state index contributed by atoms with van der Waals surface area (Å²) < 4.78 is 29.2. The Kier molecular flexibility index (Phi) is 5.66. The SMILES string of the molecule is CCCS(=O)(=O)c1ccc(OCCC(C)C)cc1. The summed E-state index contributed by atoms with van der Waals surface area (Å²) >= 11 is 0. The van der Waals surface area contributed by atoms with E-state index in [0.29, 0.717) is 23.8 Å². The molecule has 1 rings (SSSR count). The van der Waals surface area contributed by atoms with Crippen LogP contribution >= 0.6 is 0 Å². The van der Waals surface area contributed by atoms with Gasteiger partial charge in [-0.05, 0) is 43.0 Å². The van der Waals surface area contributed by atoms with Gasteiger partial charge in [0.2, 0.25) is 0 Å². The average molecular weight is 270 g/mol. The first kappa shape index (κ1) is 15.0. The van der Waals surface area contributed by atoms with Gasteiger partial charge in [0.25, 0.3) is 0 Å². The lowest BCUT2D eigenvalue weighted by molar-refractivity contribution is 0.289. The van der Waals surface area contributed by atoms with Crippen molar-refractivity contribution in [3.05, 3.63) is 24.3 Å². The molecule has 0 saturated heterocycles. The lowest BCUT2D eigenvalue weighted by Gasteiger charge is -2.09. The summed E-state index contributed by atoms with van der Waals surface area (Å²) in [4.78, 5) is 0.376. The molecule has 0 aliphatic carbocycles. The van der Waals surface area contributed by atoms with Gasteiger partial charge in [-0.25, -0.2) is 8.42 Å². The molecular weight excluding hydrogens is 248 g/mol. The van der Waals surface area contributed by atoms with Crippen LogP contribution in [0.5, 0.6) is 5.75 Å². The molecule has 0 fully saturated rings. The van der Waals surface area contributed by atoms with Crippen LogP contribution in [0.4, 0.5) is 0 Å². The minimum Gasteiger partial charge on any atom is -0.494 e. The Morgan fingerprint density at radius 2 is 1.78 bits per heavy atom. The maximum absolute atomic E-state index is 11.8. The van der Waals surface area contributed by atoms with Gasteiger partial charge in [-0.3, -0.25) is 0 Å². The fraction of sp³-hybridized carbons (Fsp3) is 0.571. The Morgan fingerprint density at radius 1 is 1.17 bits per heavy atom. The number of hydrogen-bond acceptors (Lipinski definition) is 3. The van der Waals surface area contributed by atoms with E-state index < -0.39 is 9.84 Å². The van der Waals surface area contributed by atoms with Crippen LogP contribution in [0.1, 0.15) is 33.6 Å². The number of ether oxygens (including phenoxy) is 1. The zero-order chi connectivity index (χ0) is 13.6. The summed E-state index contributed by atoms with van der Waals surface area (Å²) in [6, 6.07) is 6.69. The van der Waals surface area contributed by atoms with Crippen molar-refractivity contribution in [2.24, 2.45) is 5.92 Å². The van der Waals surface area contributed by atoms with Crippen LogP contribution in [0.3, 0.4) is 0 Å². The van der Waals surface area contributed by atoms with Gasteiger partial charge in [0.15, 0.2) is 9.84 Å². The van der Waals surface area contributed by atoms with Crippen molar-refractivity contribution in [3.63, 3.8) is 0 Å². The Morgan fingerprint density at radius 3 is 2.28 bits per heavy atom. The zero-order valence-electron chi connectivity index (χ0n) is 11.3. The van der Waals surface area contributed by atoms with E-state index in [4.69, 9.17) is 4.74 Å². The molecule has 0 bridgehead atoms. The summed E-state index contributed by atoms with van der Waals surface area (Å²) in [5.74, 6) is 1.53. The van der Waals surface area contributed by atoms with Crippen molar-refractivity contribution < 1.29 is 13.2 Å². The lowest BCUT2D eigenvalue weighted by atomic mass is 10.1. The van der Waals surface area contributed by atoms with Crippen LogP contribution in [-0.4, -0.2) is 20.8 Å². The van der Waals surface area contributed by atoms with Gasteiger partial charge in [-0.1, -0.05) is 20.8 Å². The Balaban J connectivity index is 2.63. The van der Waals surface area contributed by atoms with Crippen molar-refractivity contribution in [1.82, 2.24) is 0 Å². The zero-order valence-corrected chi connectivity index (χ0v) is 12.2. The monoisotopic (exact) mass is 270 g/mol. The molecule has 0 unspecified atom stereocenters. The summed E-state index contributed by atoms with van der Waals surface area (Å²) in [5.41, 5.74) is 0. The smallest absolute Gasteiger partial charge is 0.178 e. The van der Waals surface area contributed by atoms with Gasteiger partial charge in [0, 0.05) is 0 Å². The van der Waals surface area contributed by atoms with Gasteiger partial charge in [-0.15, -0.1) is 0 Å². The molecule has 0 N–H and O–H groups in total. The van der Waals surface area contributed by atoms with Gasteiger partial charge < -0.3 is 4.74 Å². The largest absolute Gasteiger partial charge is 0.494 e. The van der Waals surface area contributed by atoms with E-state index in [9.17, 15) is 8.42 Å². The van der Waals surface area contributed by atoms with E-state index >= 15 is 0 Å². The van der Waals surface area contributed by atoms with Gasteiger partial charge >= 0.3 is 0 Å². The molecule has 18 heavy (non-hydrogen) atoms. The van der Waals surface area contributed by atoms with Crippen LogP contribution in [0.15, 0.2) is 29.2 Å². The summed E-state index contributed by atoms with van der Waals surface area (Å²) in [6.07, 6.45) is 1.63. The molecule has 0 radical (unpaired) electrons. The molecular formula is C14H22O3S. The predicted molar refractivity (Wildman–Crippen MR) is 73.7 cm³/mol. The summed E-state index contributed by atoms with van der Waals surface area (Å²) in [6.45, 7) is 6.81. The molecule has 0 atom stereocenters. The third kappa shape index (κ3) is 4.69.